The number of anilines is 1. The first kappa shape index (κ1) is 24.6. The lowest BCUT2D eigenvalue weighted by atomic mass is 10.2. The summed E-state index contributed by atoms with van der Waals surface area (Å²) < 4.78 is 16.1. The molecule has 0 saturated carbocycles. The van der Waals surface area contributed by atoms with Crippen molar-refractivity contribution in [2.75, 3.05) is 18.4 Å². The summed E-state index contributed by atoms with van der Waals surface area (Å²) in [5.41, 5.74) is 3.16. The topological polar surface area (TPSA) is 106 Å². The van der Waals surface area contributed by atoms with E-state index >= 15 is 0 Å². The van der Waals surface area contributed by atoms with Crippen LogP contribution in [0.4, 0.5) is 10.2 Å². The predicted molar refractivity (Wildman–Crippen MR) is 143 cm³/mol. The van der Waals surface area contributed by atoms with E-state index in [1.54, 1.807) is 24.7 Å². The number of hydrogen-bond donors (Lipinski definition) is 2. The lowest BCUT2D eigenvalue weighted by Gasteiger charge is -2.10. The van der Waals surface area contributed by atoms with Crippen molar-refractivity contribution in [2.24, 2.45) is 0 Å². The van der Waals surface area contributed by atoms with E-state index in [0.717, 1.165) is 52.9 Å². The van der Waals surface area contributed by atoms with Crippen LogP contribution in [0.5, 0.6) is 0 Å². The van der Waals surface area contributed by atoms with Gasteiger partial charge in [0.25, 0.3) is 0 Å². The molecular formula is C26H26FN9S. The Morgan fingerprint density at radius 1 is 1.03 bits per heavy atom. The third kappa shape index (κ3) is 5.84. The predicted octanol–water partition coefficient (Wildman–Crippen LogP) is 4.05. The fourth-order valence-electron chi connectivity index (χ4n) is 3.97. The Balaban J connectivity index is 1.16. The average Bonchev–Trinajstić information content (AvgIpc) is 3.53. The molecule has 5 aromatic heterocycles. The van der Waals surface area contributed by atoms with Crippen LogP contribution in [0, 0.1) is 5.82 Å². The molecule has 0 saturated heterocycles. The second-order valence-electron chi connectivity index (χ2n) is 8.21. The van der Waals surface area contributed by atoms with Gasteiger partial charge >= 0.3 is 0 Å². The molecule has 2 N–H and O–H groups in total. The summed E-state index contributed by atoms with van der Waals surface area (Å²) in [5, 5.41) is 7.59. The van der Waals surface area contributed by atoms with Crippen LogP contribution >= 0.6 is 11.3 Å². The number of rotatable bonds is 12. The zero-order valence-electron chi connectivity index (χ0n) is 20.1. The Labute approximate surface area is 217 Å². The van der Waals surface area contributed by atoms with Crippen LogP contribution < -0.4 is 10.6 Å². The van der Waals surface area contributed by atoms with Crippen LogP contribution in [0.25, 0.3) is 21.6 Å². The number of thiazole rings is 1. The SMILES string of the molecule is C=CCn1c(-c2ccncc2)cnc1CCNCCc1nc2c(NCc3ncccc3F)ncnc2s1. The maximum Gasteiger partial charge on any atom is 0.157 e. The van der Waals surface area contributed by atoms with Crippen LogP contribution in [0.15, 0.2) is 68.0 Å². The Kier molecular flexibility index (Phi) is 7.82. The lowest BCUT2D eigenvalue weighted by molar-refractivity contribution is 0.602. The number of pyridine rings is 2. The fraction of sp³-hybridized carbons (Fsp3) is 0.231. The molecule has 5 heterocycles. The van der Waals surface area contributed by atoms with Crippen molar-refractivity contribution in [1.82, 2.24) is 39.8 Å². The van der Waals surface area contributed by atoms with Gasteiger partial charge in [0.2, 0.25) is 0 Å². The molecule has 37 heavy (non-hydrogen) atoms. The highest BCUT2D eigenvalue weighted by Crippen LogP contribution is 2.25. The van der Waals surface area contributed by atoms with Crippen molar-refractivity contribution < 1.29 is 4.39 Å². The highest BCUT2D eigenvalue weighted by atomic mass is 32.1. The fourth-order valence-corrected chi connectivity index (χ4v) is 4.87. The molecule has 0 fully saturated rings. The minimum absolute atomic E-state index is 0.220. The van der Waals surface area contributed by atoms with Crippen molar-refractivity contribution >= 4 is 27.5 Å². The van der Waals surface area contributed by atoms with Crippen molar-refractivity contribution in [1.29, 1.82) is 0 Å². The van der Waals surface area contributed by atoms with E-state index in [1.807, 2.05) is 24.4 Å². The molecule has 5 rings (SSSR count). The van der Waals surface area contributed by atoms with E-state index < -0.39 is 0 Å². The number of nitrogens with one attached hydrogen (secondary N) is 2. The largest absolute Gasteiger partial charge is 0.362 e. The van der Waals surface area contributed by atoms with E-state index in [4.69, 9.17) is 4.98 Å². The van der Waals surface area contributed by atoms with Crippen LogP contribution in [-0.2, 0) is 25.9 Å². The maximum atomic E-state index is 13.9. The highest BCUT2D eigenvalue weighted by Gasteiger charge is 2.13. The average molecular weight is 516 g/mol. The van der Waals surface area contributed by atoms with Crippen LogP contribution in [0.1, 0.15) is 16.5 Å². The molecule has 0 atom stereocenters. The van der Waals surface area contributed by atoms with Crippen molar-refractivity contribution in [2.45, 2.75) is 25.9 Å². The number of aromatic nitrogens is 7. The van der Waals surface area contributed by atoms with Gasteiger partial charge in [-0.15, -0.1) is 6.58 Å². The van der Waals surface area contributed by atoms with Gasteiger partial charge in [-0.05, 0) is 24.3 Å². The van der Waals surface area contributed by atoms with E-state index in [2.05, 4.69) is 46.7 Å². The first-order chi connectivity index (χ1) is 18.2. The summed E-state index contributed by atoms with van der Waals surface area (Å²) in [5.74, 6) is 1.23. The zero-order valence-corrected chi connectivity index (χ0v) is 21.0. The summed E-state index contributed by atoms with van der Waals surface area (Å²) in [6.07, 6.45) is 12.0. The molecule has 0 radical (unpaired) electrons. The molecular weight excluding hydrogens is 489 g/mol. The van der Waals surface area contributed by atoms with Crippen LogP contribution in [0.2, 0.25) is 0 Å². The highest BCUT2D eigenvalue weighted by molar-refractivity contribution is 7.18. The minimum Gasteiger partial charge on any atom is -0.362 e. The minimum atomic E-state index is -0.356. The second-order valence-corrected chi connectivity index (χ2v) is 9.28. The first-order valence-electron chi connectivity index (χ1n) is 11.9. The van der Waals surface area contributed by atoms with Gasteiger partial charge in [0.05, 0.1) is 29.1 Å². The van der Waals surface area contributed by atoms with Crippen LogP contribution in [0.3, 0.4) is 0 Å². The smallest absolute Gasteiger partial charge is 0.157 e. The third-order valence-corrected chi connectivity index (χ3v) is 6.79. The lowest BCUT2D eigenvalue weighted by Crippen LogP contribution is -2.21. The number of hydrogen-bond acceptors (Lipinski definition) is 9. The standard InChI is InChI=1S/C26H26FN9S/c1-2-14-36-21(18-5-10-28-11-6-18)16-31-22(36)7-12-29-13-8-23-35-24-25(33-17-34-26(24)37-23)32-15-20-19(27)4-3-9-30-20/h2-6,9-11,16-17,29H,1,7-8,12-15H2,(H,32,33,34). The molecule has 9 nitrogen and oxygen atoms in total. The molecule has 0 aromatic carbocycles. The summed E-state index contributed by atoms with van der Waals surface area (Å²) in [7, 11) is 0. The van der Waals surface area contributed by atoms with Gasteiger partial charge in [-0.1, -0.05) is 17.4 Å². The summed E-state index contributed by atoms with van der Waals surface area (Å²) >= 11 is 1.54. The van der Waals surface area contributed by atoms with E-state index in [9.17, 15) is 4.39 Å². The molecule has 0 unspecified atom stereocenters. The van der Waals surface area contributed by atoms with Gasteiger partial charge < -0.3 is 15.2 Å². The molecule has 11 heteroatoms. The molecule has 0 aliphatic heterocycles. The molecule has 0 aliphatic carbocycles. The number of nitrogens with zero attached hydrogens (tertiary/aromatic N) is 7. The summed E-state index contributed by atoms with van der Waals surface area (Å²) in [6.45, 7) is 6.37. The van der Waals surface area contributed by atoms with Crippen LogP contribution in [-0.4, -0.2) is 47.6 Å². The second kappa shape index (κ2) is 11.8. The van der Waals surface area contributed by atoms with Gasteiger partial charge in [0.1, 0.15) is 28.3 Å². The molecule has 0 bridgehead atoms. The maximum absolute atomic E-state index is 13.9. The quantitative estimate of drug-likeness (QED) is 0.189. The molecule has 5 aromatic rings. The van der Waals surface area contributed by atoms with E-state index in [1.165, 1.54) is 23.7 Å². The van der Waals surface area contributed by atoms with E-state index in [0.29, 0.717) is 23.6 Å². The Morgan fingerprint density at radius 2 is 1.89 bits per heavy atom. The molecule has 0 amide bonds. The summed E-state index contributed by atoms with van der Waals surface area (Å²) in [4.78, 5) is 27.0. The normalized spacial score (nSPS) is 11.2. The molecule has 0 aliphatic rings. The van der Waals surface area contributed by atoms with Gasteiger partial charge in [0.15, 0.2) is 5.82 Å². The Hall–Kier alpha value is -4.09. The Bertz CT molecular complexity index is 1480. The number of fused-ring (bicyclic) bond motifs is 1. The van der Waals surface area contributed by atoms with Gasteiger partial charge in [-0.3, -0.25) is 9.97 Å². The van der Waals surface area contributed by atoms with Crippen molar-refractivity contribution in [3.8, 4) is 11.3 Å². The third-order valence-electron chi connectivity index (χ3n) is 5.76. The van der Waals surface area contributed by atoms with Gasteiger partial charge in [-0.25, -0.2) is 24.3 Å². The van der Waals surface area contributed by atoms with Crippen molar-refractivity contribution in [3.63, 3.8) is 0 Å². The van der Waals surface area contributed by atoms with Gasteiger partial charge in [-0.2, -0.15) is 0 Å². The van der Waals surface area contributed by atoms with Crippen molar-refractivity contribution in [3.05, 3.63) is 90.4 Å². The summed E-state index contributed by atoms with van der Waals surface area (Å²) in [6, 6.07) is 6.93. The number of allylic oxidation sites excluding steroid dienone is 1. The number of halogens is 1. The Morgan fingerprint density at radius 3 is 2.73 bits per heavy atom. The monoisotopic (exact) mass is 515 g/mol. The molecule has 188 valence electrons. The zero-order chi connectivity index (χ0) is 25.5. The number of imidazole rings is 1. The first-order valence-corrected chi connectivity index (χ1v) is 12.7. The van der Waals surface area contributed by atoms with E-state index in [-0.39, 0.29) is 12.4 Å². The van der Waals surface area contributed by atoms with Gasteiger partial charge in [0, 0.05) is 56.6 Å². The molecule has 0 spiro atoms.